The van der Waals surface area contributed by atoms with Gasteiger partial charge in [-0.1, -0.05) is 32.0 Å². The molecule has 4 nitrogen and oxygen atoms in total. The molecule has 21 heavy (non-hydrogen) atoms. The fourth-order valence-corrected chi connectivity index (χ4v) is 4.23. The highest BCUT2D eigenvalue weighted by Gasteiger charge is 2.23. The maximum Gasteiger partial charge on any atom is 0.150 e. The van der Waals surface area contributed by atoms with E-state index >= 15 is 0 Å². The number of nitrogens with one attached hydrogen (secondary N) is 1. The summed E-state index contributed by atoms with van der Waals surface area (Å²) < 4.78 is 23.0. The third-order valence-electron chi connectivity index (χ3n) is 4.22. The smallest absolute Gasteiger partial charge is 0.150 e. The Labute approximate surface area is 128 Å². The molecule has 0 amide bonds. The number of para-hydroxylation sites is 1. The van der Waals surface area contributed by atoms with Crippen molar-refractivity contribution in [2.45, 2.75) is 39.3 Å². The molecule has 0 aliphatic carbocycles. The Kier molecular flexibility index (Phi) is 5.65. The normalized spacial score (nSPS) is 18.8. The second kappa shape index (κ2) is 7.27. The minimum Gasteiger partial charge on any atom is -0.382 e. The molecule has 2 rings (SSSR count). The van der Waals surface area contributed by atoms with Gasteiger partial charge in [-0.15, -0.1) is 0 Å². The van der Waals surface area contributed by atoms with E-state index in [0.29, 0.717) is 24.3 Å². The van der Waals surface area contributed by atoms with Gasteiger partial charge in [0, 0.05) is 18.3 Å². The zero-order chi connectivity index (χ0) is 15.3. The van der Waals surface area contributed by atoms with Gasteiger partial charge < -0.3 is 5.32 Å². The first-order valence-electron chi connectivity index (χ1n) is 7.81. The van der Waals surface area contributed by atoms with Gasteiger partial charge in [-0.3, -0.25) is 4.90 Å². The summed E-state index contributed by atoms with van der Waals surface area (Å²) in [5.74, 6) is 0.617. The molecule has 1 heterocycles. The number of rotatable bonds is 6. The summed E-state index contributed by atoms with van der Waals surface area (Å²) in [6.07, 6.45) is 1.42. The highest BCUT2D eigenvalue weighted by atomic mass is 32.2. The van der Waals surface area contributed by atoms with Gasteiger partial charge in [0.1, 0.15) is 9.84 Å². The quantitative estimate of drug-likeness (QED) is 0.877. The molecule has 1 aliphatic rings. The average molecular weight is 310 g/mol. The van der Waals surface area contributed by atoms with Crippen LogP contribution in [0, 0.1) is 0 Å². The summed E-state index contributed by atoms with van der Waals surface area (Å²) in [7, 11) is -2.79. The lowest BCUT2D eigenvalue weighted by molar-refractivity contribution is 0.296. The van der Waals surface area contributed by atoms with Crippen LogP contribution in [-0.2, 0) is 16.4 Å². The second-order valence-corrected chi connectivity index (χ2v) is 7.99. The predicted octanol–water partition coefficient (Wildman–Crippen LogP) is 2.52. The monoisotopic (exact) mass is 310 g/mol. The number of hydrogen-bond donors (Lipinski definition) is 1. The molecule has 0 unspecified atom stereocenters. The van der Waals surface area contributed by atoms with Gasteiger partial charge in [-0.2, -0.15) is 0 Å². The van der Waals surface area contributed by atoms with Gasteiger partial charge in [0.2, 0.25) is 0 Å². The first kappa shape index (κ1) is 16.3. The van der Waals surface area contributed by atoms with Crippen molar-refractivity contribution in [3.05, 3.63) is 29.8 Å². The van der Waals surface area contributed by atoms with Crippen LogP contribution in [0.1, 0.15) is 32.3 Å². The van der Waals surface area contributed by atoms with Gasteiger partial charge in [0.25, 0.3) is 0 Å². The minimum absolute atomic E-state index is 0.270. The molecule has 0 radical (unpaired) electrons. The minimum atomic E-state index is -2.79. The van der Waals surface area contributed by atoms with Crippen molar-refractivity contribution < 1.29 is 8.42 Å². The van der Waals surface area contributed by atoms with Crippen LogP contribution in [0.25, 0.3) is 0 Å². The van der Waals surface area contributed by atoms with Gasteiger partial charge >= 0.3 is 0 Å². The Bertz CT molecular complexity index is 539. The van der Waals surface area contributed by atoms with E-state index in [0.717, 1.165) is 25.3 Å². The summed E-state index contributed by atoms with van der Waals surface area (Å²) in [5, 5.41) is 3.55. The summed E-state index contributed by atoms with van der Waals surface area (Å²) in [6, 6.07) is 8.62. The molecule has 0 atom stereocenters. The maximum atomic E-state index is 11.5. The summed E-state index contributed by atoms with van der Waals surface area (Å²) >= 11 is 0. The Hall–Kier alpha value is -1.07. The fourth-order valence-electron chi connectivity index (χ4n) is 2.74. The maximum absolute atomic E-state index is 11.5. The number of benzene rings is 1. The van der Waals surface area contributed by atoms with Gasteiger partial charge in [-0.25, -0.2) is 8.42 Å². The van der Waals surface area contributed by atoms with Crippen LogP contribution in [0.5, 0.6) is 0 Å². The summed E-state index contributed by atoms with van der Waals surface area (Å²) in [6.45, 7) is 7.34. The van der Waals surface area contributed by atoms with Gasteiger partial charge in [0.05, 0.1) is 11.5 Å². The number of anilines is 1. The lowest BCUT2D eigenvalue weighted by Gasteiger charge is -2.26. The zero-order valence-electron chi connectivity index (χ0n) is 13.0. The highest BCUT2D eigenvalue weighted by molar-refractivity contribution is 7.91. The molecule has 1 aromatic rings. The first-order valence-corrected chi connectivity index (χ1v) is 9.63. The van der Waals surface area contributed by atoms with Crippen LogP contribution >= 0.6 is 0 Å². The molecule has 0 spiro atoms. The zero-order valence-corrected chi connectivity index (χ0v) is 13.8. The molecule has 1 aliphatic heterocycles. The molecular weight excluding hydrogens is 284 g/mol. The predicted molar refractivity (Wildman–Crippen MR) is 88.4 cm³/mol. The van der Waals surface area contributed by atoms with Crippen LogP contribution in [0.3, 0.4) is 0 Å². The van der Waals surface area contributed by atoms with E-state index in [-0.39, 0.29) is 6.04 Å². The van der Waals surface area contributed by atoms with E-state index in [2.05, 4.69) is 42.3 Å². The fraction of sp³-hybridized carbons (Fsp3) is 0.625. The molecule has 0 saturated carbocycles. The lowest BCUT2D eigenvalue weighted by atomic mass is 10.1. The molecule has 1 aromatic carbocycles. The van der Waals surface area contributed by atoms with E-state index in [1.165, 1.54) is 5.56 Å². The van der Waals surface area contributed by atoms with Gasteiger partial charge in [0.15, 0.2) is 0 Å². The Morgan fingerprint density at radius 1 is 1.14 bits per heavy atom. The molecule has 0 aromatic heterocycles. The van der Waals surface area contributed by atoms with Crippen LogP contribution in [-0.4, -0.2) is 44.0 Å². The standard InChI is InChI=1S/C16H26N2O2S/c1-3-18(4-2)13-14-7-5-6-8-16(14)17-15-9-11-21(19,20)12-10-15/h5-8,15,17H,3-4,9-13H2,1-2H3. The summed E-state index contributed by atoms with van der Waals surface area (Å²) in [5.41, 5.74) is 2.43. The molecule has 118 valence electrons. The van der Waals surface area contributed by atoms with Crippen molar-refractivity contribution >= 4 is 15.5 Å². The molecule has 5 heteroatoms. The van der Waals surface area contributed by atoms with E-state index in [9.17, 15) is 8.42 Å². The molecule has 1 saturated heterocycles. The first-order chi connectivity index (χ1) is 10.0. The topological polar surface area (TPSA) is 49.4 Å². The second-order valence-electron chi connectivity index (χ2n) is 5.69. The number of nitrogens with zero attached hydrogens (tertiary/aromatic N) is 1. The summed E-state index contributed by atoms with van der Waals surface area (Å²) in [4.78, 5) is 2.38. The molecule has 1 fully saturated rings. The van der Waals surface area contributed by atoms with Crippen molar-refractivity contribution in [3.8, 4) is 0 Å². The van der Waals surface area contributed by atoms with Crippen LogP contribution in [0.4, 0.5) is 5.69 Å². The van der Waals surface area contributed by atoms with Crippen LogP contribution in [0.15, 0.2) is 24.3 Å². The Morgan fingerprint density at radius 2 is 1.76 bits per heavy atom. The number of hydrogen-bond acceptors (Lipinski definition) is 4. The average Bonchev–Trinajstić information content (AvgIpc) is 2.48. The third kappa shape index (κ3) is 4.71. The van der Waals surface area contributed by atoms with Crippen molar-refractivity contribution in [3.63, 3.8) is 0 Å². The largest absolute Gasteiger partial charge is 0.382 e. The third-order valence-corrected chi connectivity index (χ3v) is 5.94. The van der Waals surface area contributed by atoms with Crippen molar-refractivity contribution in [1.82, 2.24) is 4.90 Å². The van der Waals surface area contributed by atoms with Crippen LogP contribution in [0.2, 0.25) is 0 Å². The van der Waals surface area contributed by atoms with E-state index in [1.54, 1.807) is 0 Å². The van der Waals surface area contributed by atoms with Crippen molar-refractivity contribution in [2.75, 3.05) is 29.9 Å². The molecular formula is C16H26N2O2S. The van der Waals surface area contributed by atoms with Crippen molar-refractivity contribution in [1.29, 1.82) is 0 Å². The lowest BCUT2D eigenvalue weighted by Crippen LogP contribution is -2.32. The molecule has 1 N–H and O–H groups in total. The van der Waals surface area contributed by atoms with Crippen LogP contribution < -0.4 is 5.32 Å². The van der Waals surface area contributed by atoms with E-state index in [1.807, 2.05) is 6.07 Å². The van der Waals surface area contributed by atoms with E-state index < -0.39 is 9.84 Å². The highest BCUT2D eigenvalue weighted by Crippen LogP contribution is 2.22. The number of sulfone groups is 1. The van der Waals surface area contributed by atoms with Gasteiger partial charge in [-0.05, 0) is 37.6 Å². The Morgan fingerprint density at radius 3 is 2.38 bits per heavy atom. The SMILES string of the molecule is CCN(CC)Cc1ccccc1NC1CCS(=O)(=O)CC1. The Balaban J connectivity index is 2.03. The van der Waals surface area contributed by atoms with E-state index in [4.69, 9.17) is 0 Å². The molecule has 0 bridgehead atoms. The van der Waals surface area contributed by atoms with Crippen molar-refractivity contribution in [2.24, 2.45) is 0 Å².